The molecule has 6 heteroatoms. The Bertz CT molecular complexity index is 1160. The van der Waals surface area contributed by atoms with Crippen LogP contribution in [0.4, 0.5) is 0 Å². The maximum absolute atomic E-state index is 13.6. The molecule has 0 spiro atoms. The Kier molecular flexibility index (Phi) is 4.54. The van der Waals surface area contributed by atoms with Crippen LogP contribution in [-0.2, 0) is 19.6 Å². The third kappa shape index (κ3) is 2.68. The number of benzene rings is 3. The molecule has 6 nitrogen and oxygen atoms in total. The van der Waals surface area contributed by atoms with E-state index in [0.29, 0.717) is 30.3 Å². The molecule has 5 rings (SSSR count). The molecule has 2 aliphatic rings. The SMILES string of the molecule is COc1cc2c3c(c4cc(OC)c(OC)cc4c2cc1CO)C[N+]1([O-])CCCC1C3. The zero-order valence-corrected chi connectivity index (χ0v) is 17.7. The molecule has 1 saturated heterocycles. The van der Waals surface area contributed by atoms with Gasteiger partial charge in [-0.1, -0.05) is 0 Å². The summed E-state index contributed by atoms with van der Waals surface area (Å²) < 4.78 is 16.6. The van der Waals surface area contributed by atoms with E-state index < -0.39 is 0 Å². The van der Waals surface area contributed by atoms with Gasteiger partial charge in [-0.3, -0.25) is 0 Å². The van der Waals surface area contributed by atoms with Gasteiger partial charge in [0.2, 0.25) is 0 Å². The predicted molar refractivity (Wildman–Crippen MR) is 116 cm³/mol. The molecule has 0 radical (unpaired) electrons. The fraction of sp³-hybridized carbons (Fsp3) is 0.417. The third-order valence-corrected chi connectivity index (χ3v) is 7.02. The summed E-state index contributed by atoms with van der Waals surface area (Å²) in [5, 5.41) is 27.6. The van der Waals surface area contributed by atoms with E-state index in [0.717, 1.165) is 51.9 Å². The van der Waals surface area contributed by atoms with Crippen LogP contribution >= 0.6 is 0 Å². The van der Waals surface area contributed by atoms with E-state index in [2.05, 4.69) is 0 Å². The first-order chi connectivity index (χ1) is 14.5. The second-order valence-corrected chi connectivity index (χ2v) is 8.41. The smallest absolute Gasteiger partial charge is 0.161 e. The van der Waals surface area contributed by atoms with Crippen molar-refractivity contribution in [2.24, 2.45) is 0 Å². The molecule has 1 fully saturated rings. The second-order valence-electron chi connectivity index (χ2n) is 8.41. The van der Waals surface area contributed by atoms with Crippen molar-refractivity contribution in [1.82, 2.24) is 0 Å². The lowest BCUT2D eigenvalue weighted by Crippen LogP contribution is -2.49. The van der Waals surface area contributed by atoms with Crippen molar-refractivity contribution in [3.05, 3.63) is 46.2 Å². The molecule has 0 aromatic heterocycles. The van der Waals surface area contributed by atoms with E-state index in [-0.39, 0.29) is 17.3 Å². The predicted octanol–water partition coefficient (Wildman–Crippen LogP) is 4.04. The third-order valence-electron chi connectivity index (χ3n) is 7.02. The summed E-state index contributed by atoms with van der Waals surface area (Å²) in [4.78, 5) is 0. The van der Waals surface area contributed by atoms with Crippen LogP contribution in [0, 0.1) is 5.21 Å². The van der Waals surface area contributed by atoms with Gasteiger partial charge in [0, 0.05) is 30.4 Å². The highest BCUT2D eigenvalue weighted by atomic mass is 16.5. The van der Waals surface area contributed by atoms with Gasteiger partial charge in [-0.2, -0.15) is 0 Å². The van der Waals surface area contributed by atoms with Gasteiger partial charge in [0.1, 0.15) is 12.3 Å². The van der Waals surface area contributed by atoms with Crippen LogP contribution in [0.25, 0.3) is 21.5 Å². The number of ether oxygens (including phenoxy) is 3. The molecule has 30 heavy (non-hydrogen) atoms. The number of nitrogens with zero attached hydrogens (tertiary/aromatic N) is 1. The number of rotatable bonds is 4. The number of hydroxylamine groups is 3. The number of methoxy groups -OCH3 is 3. The summed E-state index contributed by atoms with van der Waals surface area (Å²) in [5.74, 6) is 1.98. The van der Waals surface area contributed by atoms with Crippen LogP contribution in [0.15, 0.2) is 24.3 Å². The molecule has 2 unspecified atom stereocenters. The van der Waals surface area contributed by atoms with Crippen molar-refractivity contribution in [2.45, 2.75) is 38.5 Å². The Hall–Kier alpha value is -2.54. The van der Waals surface area contributed by atoms with E-state index in [9.17, 15) is 10.3 Å². The summed E-state index contributed by atoms with van der Waals surface area (Å²) in [6.07, 6.45) is 2.72. The largest absolute Gasteiger partial charge is 0.632 e. The van der Waals surface area contributed by atoms with Crippen molar-refractivity contribution >= 4 is 21.5 Å². The van der Waals surface area contributed by atoms with E-state index in [1.54, 1.807) is 21.3 Å². The van der Waals surface area contributed by atoms with Crippen molar-refractivity contribution < 1.29 is 24.0 Å². The fourth-order valence-electron chi connectivity index (χ4n) is 5.49. The molecule has 0 aliphatic carbocycles. The minimum absolute atomic E-state index is 0.103. The van der Waals surface area contributed by atoms with Gasteiger partial charge in [-0.05, 0) is 51.4 Å². The lowest BCUT2D eigenvalue weighted by Gasteiger charge is -2.48. The Morgan fingerprint density at radius 2 is 1.50 bits per heavy atom. The molecule has 0 saturated carbocycles. The first kappa shape index (κ1) is 19.4. The van der Waals surface area contributed by atoms with Crippen LogP contribution in [0.5, 0.6) is 17.2 Å². The standard InChI is InChI=1S/C24H27NO5/c1-28-22-9-18-16(7-14(22)13-26)19-10-23(29-2)24(30-3)11-20(19)21-12-25(27)6-4-5-15(25)8-17(18)21/h7,9-11,15,26H,4-6,8,12-13H2,1-3H3. The van der Waals surface area contributed by atoms with Gasteiger partial charge < -0.3 is 29.2 Å². The van der Waals surface area contributed by atoms with E-state index in [1.807, 2.05) is 24.3 Å². The van der Waals surface area contributed by atoms with Gasteiger partial charge in [-0.25, -0.2) is 0 Å². The highest BCUT2D eigenvalue weighted by molar-refractivity contribution is 6.12. The summed E-state index contributed by atoms with van der Waals surface area (Å²) in [7, 11) is 4.88. The van der Waals surface area contributed by atoms with Gasteiger partial charge in [0.25, 0.3) is 0 Å². The number of hydrogen-bond acceptors (Lipinski definition) is 5. The first-order valence-electron chi connectivity index (χ1n) is 10.4. The maximum atomic E-state index is 13.6. The molecule has 2 atom stereocenters. The normalized spacial score (nSPS) is 22.8. The zero-order valence-electron chi connectivity index (χ0n) is 17.7. The molecule has 158 valence electrons. The van der Waals surface area contributed by atoms with Crippen molar-refractivity contribution in [3.63, 3.8) is 0 Å². The second kappa shape index (κ2) is 7.01. The van der Waals surface area contributed by atoms with Gasteiger partial charge in [0.05, 0.1) is 40.5 Å². The summed E-state index contributed by atoms with van der Waals surface area (Å²) >= 11 is 0. The molecule has 0 bridgehead atoms. The van der Waals surface area contributed by atoms with E-state index in [4.69, 9.17) is 14.2 Å². The Morgan fingerprint density at radius 3 is 2.17 bits per heavy atom. The summed E-state index contributed by atoms with van der Waals surface area (Å²) in [5.41, 5.74) is 3.07. The molecule has 0 amide bonds. The fourth-order valence-corrected chi connectivity index (χ4v) is 5.49. The van der Waals surface area contributed by atoms with E-state index >= 15 is 0 Å². The molecular formula is C24H27NO5. The monoisotopic (exact) mass is 409 g/mol. The Balaban J connectivity index is 1.91. The Labute approximate surface area is 175 Å². The summed E-state index contributed by atoms with van der Waals surface area (Å²) in [6.45, 7) is 1.06. The molecular weight excluding hydrogens is 382 g/mol. The molecule has 2 aliphatic heterocycles. The van der Waals surface area contributed by atoms with Gasteiger partial charge in [0.15, 0.2) is 11.5 Å². The van der Waals surface area contributed by atoms with Crippen LogP contribution in [-0.4, -0.2) is 43.7 Å². The molecule has 3 aromatic carbocycles. The summed E-state index contributed by atoms with van der Waals surface area (Å²) in [6, 6.07) is 8.12. The van der Waals surface area contributed by atoms with Crippen molar-refractivity contribution in [1.29, 1.82) is 0 Å². The number of aliphatic hydroxyl groups is 1. The Morgan fingerprint density at radius 1 is 0.900 bits per heavy atom. The number of hydrogen-bond donors (Lipinski definition) is 1. The van der Waals surface area contributed by atoms with Crippen molar-refractivity contribution in [3.8, 4) is 17.2 Å². The highest BCUT2D eigenvalue weighted by Gasteiger charge is 2.40. The van der Waals surface area contributed by atoms with E-state index in [1.165, 1.54) is 5.56 Å². The molecule has 2 heterocycles. The minimum atomic E-state index is -0.131. The topological polar surface area (TPSA) is 71.0 Å². The number of fused-ring (bicyclic) bond motifs is 7. The van der Waals surface area contributed by atoms with Gasteiger partial charge in [-0.15, -0.1) is 0 Å². The van der Waals surface area contributed by atoms with Crippen LogP contribution in [0.2, 0.25) is 0 Å². The van der Waals surface area contributed by atoms with Crippen LogP contribution in [0.1, 0.15) is 29.5 Å². The number of aliphatic hydroxyl groups excluding tert-OH is 1. The highest BCUT2D eigenvalue weighted by Crippen LogP contribution is 2.46. The average molecular weight is 409 g/mol. The van der Waals surface area contributed by atoms with Crippen LogP contribution in [0.3, 0.4) is 0 Å². The lowest BCUT2D eigenvalue weighted by molar-refractivity contribution is -0.907. The van der Waals surface area contributed by atoms with Crippen LogP contribution < -0.4 is 14.2 Å². The minimum Gasteiger partial charge on any atom is -0.632 e. The molecule has 3 aromatic rings. The quantitative estimate of drug-likeness (QED) is 0.400. The number of quaternary nitrogens is 1. The first-order valence-corrected chi connectivity index (χ1v) is 10.4. The average Bonchev–Trinajstić information content (AvgIpc) is 3.16. The maximum Gasteiger partial charge on any atom is 0.161 e. The van der Waals surface area contributed by atoms with Crippen molar-refractivity contribution in [2.75, 3.05) is 27.9 Å². The zero-order chi connectivity index (χ0) is 21.0. The molecule has 1 N–H and O–H groups in total. The lowest BCUT2D eigenvalue weighted by atomic mass is 9.84. The van der Waals surface area contributed by atoms with Gasteiger partial charge >= 0.3 is 0 Å².